The van der Waals surface area contributed by atoms with E-state index in [2.05, 4.69) is 10.5 Å². The maximum Gasteiger partial charge on any atom is 0.280 e. The molecule has 0 unspecified atom stereocenters. The molecule has 1 atom stereocenters. The molecule has 0 spiro atoms. The van der Waals surface area contributed by atoms with E-state index >= 15 is 0 Å². The van der Waals surface area contributed by atoms with E-state index in [0.717, 1.165) is 5.56 Å². The summed E-state index contributed by atoms with van der Waals surface area (Å²) in [6, 6.07) is 5.24. The second-order valence-corrected chi connectivity index (χ2v) is 3.97. The van der Waals surface area contributed by atoms with E-state index in [0.29, 0.717) is 10.8 Å². The Morgan fingerprint density at radius 3 is 2.88 bits per heavy atom. The summed E-state index contributed by atoms with van der Waals surface area (Å²) in [6.07, 6.45) is 0.886. The SMILES string of the molecule is C/C=N\NC(=O)[C@H](C)Oc1ccc(Cl)cc1C. The van der Waals surface area contributed by atoms with Crippen LogP contribution in [0.15, 0.2) is 23.3 Å². The van der Waals surface area contributed by atoms with Crippen LogP contribution in [0.2, 0.25) is 5.02 Å². The fourth-order valence-corrected chi connectivity index (χ4v) is 1.43. The lowest BCUT2D eigenvalue weighted by Gasteiger charge is -2.14. The molecule has 1 amide bonds. The first kappa shape index (κ1) is 13.5. The number of hydrazone groups is 1. The van der Waals surface area contributed by atoms with Crippen LogP contribution < -0.4 is 10.2 Å². The lowest BCUT2D eigenvalue weighted by atomic mass is 10.2. The molecule has 1 rings (SSSR count). The maximum absolute atomic E-state index is 11.5. The Labute approximate surface area is 106 Å². The van der Waals surface area contributed by atoms with Crippen molar-refractivity contribution in [3.8, 4) is 5.75 Å². The van der Waals surface area contributed by atoms with Crippen LogP contribution in [-0.2, 0) is 4.79 Å². The molecule has 1 N–H and O–H groups in total. The summed E-state index contributed by atoms with van der Waals surface area (Å²) in [4.78, 5) is 11.5. The molecule has 5 heteroatoms. The molecule has 0 bridgehead atoms. The molecular formula is C12H15ClN2O2. The molecule has 17 heavy (non-hydrogen) atoms. The van der Waals surface area contributed by atoms with Gasteiger partial charge in [-0.3, -0.25) is 4.79 Å². The van der Waals surface area contributed by atoms with Crippen molar-refractivity contribution in [2.24, 2.45) is 5.10 Å². The van der Waals surface area contributed by atoms with E-state index in [9.17, 15) is 4.79 Å². The van der Waals surface area contributed by atoms with E-state index in [-0.39, 0.29) is 5.91 Å². The minimum atomic E-state index is -0.612. The molecule has 0 saturated heterocycles. The Bertz CT molecular complexity index is 433. The zero-order valence-corrected chi connectivity index (χ0v) is 10.8. The summed E-state index contributed by atoms with van der Waals surface area (Å²) in [5.41, 5.74) is 3.25. The number of hydrogen-bond acceptors (Lipinski definition) is 3. The van der Waals surface area contributed by atoms with E-state index in [1.807, 2.05) is 6.92 Å². The molecule has 0 aromatic heterocycles. The lowest BCUT2D eigenvalue weighted by Crippen LogP contribution is -2.33. The van der Waals surface area contributed by atoms with Gasteiger partial charge in [-0.2, -0.15) is 5.10 Å². The normalized spacial score (nSPS) is 12.5. The third-order valence-corrected chi connectivity index (χ3v) is 2.35. The van der Waals surface area contributed by atoms with Gasteiger partial charge in [-0.05, 0) is 44.5 Å². The van der Waals surface area contributed by atoms with Gasteiger partial charge in [0.15, 0.2) is 6.10 Å². The molecule has 0 saturated carbocycles. The van der Waals surface area contributed by atoms with Gasteiger partial charge < -0.3 is 4.74 Å². The van der Waals surface area contributed by atoms with Gasteiger partial charge in [-0.1, -0.05) is 11.6 Å². The predicted octanol–water partition coefficient (Wildman–Crippen LogP) is 2.54. The van der Waals surface area contributed by atoms with Crippen molar-refractivity contribution in [1.82, 2.24) is 5.43 Å². The van der Waals surface area contributed by atoms with Crippen LogP contribution in [0, 0.1) is 6.92 Å². The number of carbonyl (C=O) groups is 1. The first-order valence-electron chi connectivity index (χ1n) is 5.25. The summed E-state index contributed by atoms with van der Waals surface area (Å²) in [5.74, 6) is 0.343. The highest BCUT2D eigenvalue weighted by Crippen LogP contribution is 2.22. The summed E-state index contributed by atoms with van der Waals surface area (Å²) >= 11 is 5.83. The van der Waals surface area contributed by atoms with Gasteiger partial charge in [-0.15, -0.1) is 0 Å². The first-order chi connectivity index (χ1) is 8.04. The predicted molar refractivity (Wildman–Crippen MR) is 68.6 cm³/mol. The standard InChI is InChI=1S/C12H15ClN2O2/c1-4-14-15-12(16)9(3)17-11-6-5-10(13)7-8(11)2/h4-7,9H,1-3H3,(H,15,16)/b14-4-/t9-/m0/s1. The van der Waals surface area contributed by atoms with E-state index in [1.54, 1.807) is 32.0 Å². The average molecular weight is 255 g/mol. The van der Waals surface area contributed by atoms with Gasteiger partial charge in [0.2, 0.25) is 0 Å². The summed E-state index contributed by atoms with van der Waals surface area (Å²) < 4.78 is 5.51. The highest BCUT2D eigenvalue weighted by molar-refractivity contribution is 6.30. The van der Waals surface area contributed by atoms with Crippen molar-refractivity contribution < 1.29 is 9.53 Å². The maximum atomic E-state index is 11.5. The number of ether oxygens (including phenoxy) is 1. The number of nitrogens with one attached hydrogen (secondary N) is 1. The molecule has 92 valence electrons. The molecule has 0 fully saturated rings. The zero-order valence-electron chi connectivity index (χ0n) is 10.0. The Kier molecular flexibility index (Phi) is 4.97. The number of benzene rings is 1. The summed E-state index contributed by atoms with van der Waals surface area (Å²) in [5, 5.41) is 4.29. The second kappa shape index (κ2) is 6.25. The van der Waals surface area contributed by atoms with Gasteiger partial charge in [0.25, 0.3) is 5.91 Å². The third kappa shape index (κ3) is 4.07. The lowest BCUT2D eigenvalue weighted by molar-refractivity contribution is -0.127. The molecular weight excluding hydrogens is 240 g/mol. The number of amides is 1. The van der Waals surface area contributed by atoms with Crippen molar-refractivity contribution in [1.29, 1.82) is 0 Å². The largest absolute Gasteiger partial charge is 0.481 e. The monoisotopic (exact) mass is 254 g/mol. The Morgan fingerprint density at radius 2 is 2.29 bits per heavy atom. The molecule has 0 aliphatic heterocycles. The van der Waals surface area contributed by atoms with E-state index < -0.39 is 6.10 Å². The van der Waals surface area contributed by atoms with Crippen LogP contribution >= 0.6 is 11.6 Å². The van der Waals surface area contributed by atoms with Crippen molar-refractivity contribution in [2.45, 2.75) is 26.9 Å². The summed E-state index contributed by atoms with van der Waals surface area (Å²) in [6.45, 7) is 5.25. The van der Waals surface area contributed by atoms with Gasteiger partial charge in [0.05, 0.1) is 0 Å². The Morgan fingerprint density at radius 1 is 1.59 bits per heavy atom. The third-order valence-electron chi connectivity index (χ3n) is 2.11. The highest BCUT2D eigenvalue weighted by Gasteiger charge is 2.14. The van der Waals surface area contributed by atoms with Gasteiger partial charge in [-0.25, -0.2) is 5.43 Å². The van der Waals surface area contributed by atoms with Crippen LogP contribution in [0.4, 0.5) is 0 Å². The van der Waals surface area contributed by atoms with Crippen LogP contribution in [0.25, 0.3) is 0 Å². The molecule has 4 nitrogen and oxygen atoms in total. The highest BCUT2D eigenvalue weighted by atomic mass is 35.5. The molecule has 0 radical (unpaired) electrons. The van der Waals surface area contributed by atoms with E-state index in [4.69, 9.17) is 16.3 Å². The Balaban J connectivity index is 2.67. The molecule has 1 aromatic carbocycles. The Hall–Kier alpha value is -1.55. The number of rotatable bonds is 4. The van der Waals surface area contributed by atoms with Crippen molar-refractivity contribution in [3.05, 3.63) is 28.8 Å². The van der Waals surface area contributed by atoms with Crippen molar-refractivity contribution >= 4 is 23.7 Å². The van der Waals surface area contributed by atoms with Crippen LogP contribution in [0.3, 0.4) is 0 Å². The zero-order chi connectivity index (χ0) is 12.8. The molecule has 1 aromatic rings. The topological polar surface area (TPSA) is 50.7 Å². The minimum absolute atomic E-state index is 0.294. The average Bonchev–Trinajstić information content (AvgIpc) is 2.29. The fraction of sp³-hybridized carbons (Fsp3) is 0.333. The number of aryl methyl sites for hydroxylation is 1. The molecule has 0 aliphatic rings. The number of carbonyl (C=O) groups excluding carboxylic acids is 1. The molecule has 0 aliphatic carbocycles. The quantitative estimate of drug-likeness (QED) is 0.663. The molecule has 0 heterocycles. The van der Waals surface area contributed by atoms with E-state index in [1.165, 1.54) is 6.21 Å². The fourth-order valence-electron chi connectivity index (χ4n) is 1.21. The summed E-state index contributed by atoms with van der Waals surface area (Å²) in [7, 11) is 0. The van der Waals surface area contributed by atoms with Crippen LogP contribution in [0.5, 0.6) is 5.75 Å². The number of hydrogen-bond donors (Lipinski definition) is 1. The smallest absolute Gasteiger partial charge is 0.280 e. The second-order valence-electron chi connectivity index (χ2n) is 3.53. The minimum Gasteiger partial charge on any atom is -0.481 e. The van der Waals surface area contributed by atoms with Gasteiger partial charge >= 0.3 is 0 Å². The van der Waals surface area contributed by atoms with Crippen molar-refractivity contribution in [2.75, 3.05) is 0 Å². The van der Waals surface area contributed by atoms with Crippen molar-refractivity contribution in [3.63, 3.8) is 0 Å². The van der Waals surface area contributed by atoms with Crippen LogP contribution in [0.1, 0.15) is 19.4 Å². The first-order valence-corrected chi connectivity index (χ1v) is 5.62. The van der Waals surface area contributed by atoms with Gasteiger partial charge in [0, 0.05) is 11.2 Å². The number of nitrogens with zero attached hydrogens (tertiary/aromatic N) is 1. The number of halogens is 1. The van der Waals surface area contributed by atoms with Gasteiger partial charge in [0.1, 0.15) is 5.75 Å². The van der Waals surface area contributed by atoms with Crippen LogP contribution in [-0.4, -0.2) is 18.2 Å².